The van der Waals surface area contributed by atoms with E-state index >= 15 is 0 Å². The number of halogens is 2. The summed E-state index contributed by atoms with van der Waals surface area (Å²) in [6.07, 6.45) is 4.27. The highest BCUT2D eigenvalue weighted by Crippen LogP contribution is 2.41. The van der Waals surface area contributed by atoms with Gasteiger partial charge in [-0.3, -0.25) is 4.90 Å². The highest BCUT2D eigenvalue weighted by molar-refractivity contribution is 5.85. The molecule has 1 aliphatic heterocycles. The number of nitrogens with zero attached hydrogens (tertiary/aromatic N) is 1. The second kappa shape index (κ2) is 8.23. The van der Waals surface area contributed by atoms with E-state index in [0.717, 1.165) is 19.0 Å². The maximum Gasteiger partial charge on any atom is 0.0377 e. The summed E-state index contributed by atoms with van der Waals surface area (Å²) in [6.45, 7) is 6.88. The highest BCUT2D eigenvalue weighted by Gasteiger charge is 2.33. The topological polar surface area (TPSA) is 15.3 Å². The molecule has 0 unspecified atom stereocenters. The number of nitrogens with one attached hydrogen (secondary N) is 1. The van der Waals surface area contributed by atoms with E-state index in [1.54, 1.807) is 0 Å². The summed E-state index contributed by atoms with van der Waals surface area (Å²) >= 11 is 0. The number of hydrogen-bond donors (Lipinski definition) is 1. The van der Waals surface area contributed by atoms with Crippen molar-refractivity contribution in [1.29, 1.82) is 0 Å². The fourth-order valence-electron chi connectivity index (χ4n) is 3.26. The van der Waals surface area contributed by atoms with Gasteiger partial charge in [-0.15, -0.1) is 24.8 Å². The van der Waals surface area contributed by atoms with Crippen LogP contribution in [0.3, 0.4) is 0 Å². The zero-order valence-electron chi connectivity index (χ0n) is 12.2. The first-order valence-electron chi connectivity index (χ1n) is 7.36. The smallest absolute Gasteiger partial charge is 0.0377 e. The van der Waals surface area contributed by atoms with Gasteiger partial charge in [0.15, 0.2) is 0 Å². The molecule has 2 aliphatic rings. The fourth-order valence-corrected chi connectivity index (χ4v) is 3.26. The maximum absolute atomic E-state index is 3.46. The number of hydrogen-bond acceptors (Lipinski definition) is 2. The Morgan fingerprint density at radius 1 is 1.05 bits per heavy atom. The predicted molar refractivity (Wildman–Crippen MR) is 90.2 cm³/mol. The zero-order valence-corrected chi connectivity index (χ0v) is 13.8. The Labute approximate surface area is 135 Å². The van der Waals surface area contributed by atoms with Crippen LogP contribution in [0.1, 0.15) is 36.4 Å². The Bertz CT molecular complexity index is 384. The van der Waals surface area contributed by atoms with Crippen molar-refractivity contribution < 1.29 is 0 Å². The zero-order chi connectivity index (χ0) is 12.4. The predicted octanol–water partition coefficient (Wildman–Crippen LogP) is 3.59. The number of piperazine rings is 1. The van der Waals surface area contributed by atoms with Gasteiger partial charge in [0.1, 0.15) is 0 Å². The van der Waals surface area contributed by atoms with Gasteiger partial charge in [-0.05, 0) is 31.2 Å². The number of benzene rings is 1. The minimum Gasteiger partial charge on any atom is -0.314 e. The minimum absolute atomic E-state index is 0. The van der Waals surface area contributed by atoms with E-state index in [9.17, 15) is 0 Å². The number of aryl methyl sites for hydroxylation is 1. The van der Waals surface area contributed by atoms with Crippen molar-refractivity contribution >= 4 is 24.8 Å². The molecule has 0 spiro atoms. The van der Waals surface area contributed by atoms with E-state index in [4.69, 9.17) is 0 Å². The van der Waals surface area contributed by atoms with Crippen LogP contribution >= 0.6 is 24.8 Å². The van der Waals surface area contributed by atoms with Crippen LogP contribution in [0.2, 0.25) is 0 Å². The Balaban J connectivity index is 0.000001000. The standard InChI is InChI=1S/C16H24N2.2ClH/c1-13-5-7-15(8-6-13)16(14-3-2-4-14)18-11-9-17-10-12-18;;/h5-8,14,16-17H,2-4,9-12H2,1H3;2*1H/t16-;;/m1../s1. The van der Waals surface area contributed by atoms with Crippen LogP contribution in [-0.4, -0.2) is 31.1 Å². The van der Waals surface area contributed by atoms with Crippen molar-refractivity contribution in [2.45, 2.75) is 32.2 Å². The first-order chi connectivity index (χ1) is 8.84. The van der Waals surface area contributed by atoms with Gasteiger partial charge in [0.2, 0.25) is 0 Å². The molecule has 0 radical (unpaired) electrons. The lowest BCUT2D eigenvalue weighted by molar-refractivity contribution is 0.0837. The molecule has 20 heavy (non-hydrogen) atoms. The van der Waals surface area contributed by atoms with Crippen LogP contribution in [-0.2, 0) is 0 Å². The molecule has 1 saturated carbocycles. The summed E-state index contributed by atoms with van der Waals surface area (Å²) in [5, 5.41) is 3.46. The lowest BCUT2D eigenvalue weighted by Gasteiger charge is -2.43. The second-order valence-corrected chi connectivity index (χ2v) is 5.83. The Morgan fingerprint density at radius 2 is 1.65 bits per heavy atom. The molecular formula is C16H26Cl2N2. The van der Waals surface area contributed by atoms with Crippen LogP contribution < -0.4 is 5.32 Å². The Kier molecular flexibility index (Phi) is 7.32. The van der Waals surface area contributed by atoms with Crippen molar-refractivity contribution in [2.75, 3.05) is 26.2 Å². The first-order valence-corrected chi connectivity index (χ1v) is 7.36. The van der Waals surface area contributed by atoms with Gasteiger partial charge in [-0.2, -0.15) is 0 Å². The fraction of sp³-hybridized carbons (Fsp3) is 0.625. The molecule has 2 nitrogen and oxygen atoms in total. The molecule has 0 aromatic heterocycles. The van der Waals surface area contributed by atoms with Crippen molar-refractivity contribution in [3.05, 3.63) is 35.4 Å². The van der Waals surface area contributed by atoms with E-state index in [0.29, 0.717) is 6.04 Å². The molecule has 2 fully saturated rings. The maximum atomic E-state index is 3.46. The Hall–Kier alpha value is -0.280. The van der Waals surface area contributed by atoms with Crippen molar-refractivity contribution in [3.8, 4) is 0 Å². The number of rotatable bonds is 3. The summed E-state index contributed by atoms with van der Waals surface area (Å²) in [4.78, 5) is 2.70. The van der Waals surface area contributed by atoms with Crippen LogP contribution in [0.5, 0.6) is 0 Å². The van der Waals surface area contributed by atoms with Crippen molar-refractivity contribution in [3.63, 3.8) is 0 Å². The molecule has 1 atom stereocenters. The van der Waals surface area contributed by atoms with E-state index in [2.05, 4.69) is 41.4 Å². The van der Waals surface area contributed by atoms with Gasteiger partial charge in [0, 0.05) is 32.2 Å². The molecule has 1 saturated heterocycles. The van der Waals surface area contributed by atoms with Crippen LogP contribution in [0.4, 0.5) is 0 Å². The molecule has 4 heteroatoms. The lowest BCUT2D eigenvalue weighted by Crippen LogP contribution is -2.47. The molecule has 0 bridgehead atoms. The summed E-state index contributed by atoms with van der Waals surface area (Å²) in [7, 11) is 0. The average Bonchev–Trinajstić information content (AvgIpc) is 2.36. The molecule has 1 N–H and O–H groups in total. The minimum atomic E-state index is 0. The third-order valence-corrected chi connectivity index (χ3v) is 4.56. The highest BCUT2D eigenvalue weighted by atomic mass is 35.5. The van der Waals surface area contributed by atoms with E-state index in [1.807, 2.05) is 0 Å². The third-order valence-electron chi connectivity index (χ3n) is 4.56. The summed E-state index contributed by atoms with van der Waals surface area (Å²) in [5.74, 6) is 0.894. The second-order valence-electron chi connectivity index (χ2n) is 5.83. The van der Waals surface area contributed by atoms with Crippen LogP contribution in [0, 0.1) is 12.8 Å². The van der Waals surface area contributed by atoms with E-state index < -0.39 is 0 Å². The molecule has 1 aliphatic carbocycles. The Morgan fingerprint density at radius 3 is 2.15 bits per heavy atom. The molecule has 1 aromatic rings. The van der Waals surface area contributed by atoms with Gasteiger partial charge in [0.05, 0.1) is 0 Å². The normalized spacial score (nSPS) is 21.2. The average molecular weight is 317 g/mol. The summed E-state index contributed by atoms with van der Waals surface area (Å²) < 4.78 is 0. The molecule has 3 rings (SSSR count). The molecule has 1 heterocycles. The molecule has 0 amide bonds. The van der Waals surface area contributed by atoms with Crippen molar-refractivity contribution in [2.24, 2.45) is 5.92 Å². The summed E-state index contributed by atoms with van der Waals surface area (Å²) in [6, 6.07) is 9.90. The molecule has 114 valence electrons. The van der Waals surface area contributed by atoms with E-state index in [1.165, 1.54) is 43.5 Å². The van der Waals surface area contributed by atoms with Gasteiger partial charge in [0.25, 0.3) is 0 Å². The first kappa shape index (κ1) is 17.8. The van der Waals surface area contributed by atoms with Crippen LogP contribution in [0.25, 0.3) is 0 Å². The van der Waals surface area contributed by atoms with Gasteiger partial charge in [-0.25, -0.2) is 0 Å². The largest absolute Gasteiger partial charge is 0.314 e. The SMILES string of the molecule is Cc1ccc([C@@H](C2CCC2)N2CCNCC2)cc1.Cl.Cl. The molecular weight excluding hydrogens is 291 g/mol. The monoisotopic (exact) mass is 316 g/mol. The van der Waals surface area contributed by atoms with Gasteiger partial charge in [-0.1, -0.05) is 36.2 Å². The molecule has 1 aromatic carbocycles. The van der Waals surface area contributed by atoms with Gasteiger partial charge < -0.3 is 5.32 Å². The lowest BCUT2D eigenvalue weighted by atomic mass is 9.76. The van der Waals surface area contributed by atoms with Crippen molar-refractivity contribution in [1.82, 2.24) is 10.2 Å². The van der Waals surface area contributed by atoms with E-state index in [-0.39, 0.29) is 24.8 Å². The summed E-state index contributed by atoms with van der Waals surface area (Å²) in [5.41, 5.74) is 2.90. The third kappa shape index (κ3) is 3.88. The van der Waals surface area contributed by atoms with Crippen LogP contribution in [0.15, 0.2) is 24.3 Å². The van der Waals surface area contributed by atoms with Gasteiger partial charge >= 0.3 is 0 Å². The quantitative estimate of drug-likeness (QED) is 0.916.